The molecule has 2 aromatic rings. The molecule has 3 nitrogen and oxygen atoms in total. The Hall–Kier alpha value is -2.59. The number of hydrogen-bond acceptors (Lipinski definition) is 3. The lowest BCUT2D eigenvalue weighted by Crippen LogP contribution is -2.43. The van der Waals surface area contributed by atoms with E-state index in [2.05, 4.69) is 4.74 Å². The van der Waals surface area contributed by atoms with Crippen molar-refractivity contribution >= 4 is 17.6 Å². The molecule has 0 radical (unpaired) electrons. The first-order valence-corrected chi connectivity index (χ1v) is 11.5. The van der Waals surface area contributed by atoms with Crippen LogP contribution < -0.4 is 5.11 Å². The molecule has 0 spiro atoms. The fourth-order valence-corrected chi connectivity index (χ4v) is 4.80. The summed E-state index contributed by atoms with van der Waals surface area (Å²) >= 11 is 5.57. The van der Waals surface area contributed by atoms with Gasteiger partial charge in [0.2, 0.25) is 0 Å². The molecular formula is C26H23ClF7O3-. The molecule has 0 amide bonds. The summed E-state index contributed by atoms with van der Waals surface area (Å²) in [5.74, 6) is -8.22. The van der Waals surface area contributed by atoms with Crippen LogP contribution in [0.1, 0.15) is 30.5 Å². The third-order valence-corrected chi connectivity index (χ3v) is 7.25. The average Bonchev–Trinajstić information content (AvgIpc) is 3.26. The highest BCUT2D eigenvalue weighted by molar-refractivity contribution is 6.30. The van der Waals surface area contributed by atoms with Crippen LogP contribution in [0.5, 0.6) is 0 Å². The maximum Gasteiger partial charge on any atom is 0.455 e. The largest absolute Gasteiger partial charge is 0.549 e. The number of rotatable bonds is 10. The van der Waals surface area contributed by atoms with Gasteiger partial charge in [-0.3, -0.25) is 0 Å². The summed E-state index contributed by atoms with van der Waals surface area (Å²) in [6, 6.07) is 16.5. The second-order valence-electron chi connectivity index (χ2n) is 9.64. The molecule has 1 saturated carbocycles. The Morgan fingerprint density at radius 3 is 2.11 bits per heavy atom. The molecule has 3 rings (SSSR count). The average molecular weight is 552 g/mol. The van der Waals surface area contributed by atoms with E-state index in [4.69, 9.17) is 11.6 Å². The van der Waals surface area contributed by atoms with Crippen LogP contribution in [0.4, 0.5) is 30.7 Å². The second-order valence-corrected chi connectivity index (χ2v) is 10.0. The lowest BCUT2D eigenvalue weighted by Gasteiger charge is -2.23. The molecule has 0 aromatic heterocycles. The van der Waals surface area contributed by atoms with Gasteiger partial charge >= 0.3 is 18.2 Å². The Kier molecular flexibility index (Phi) is 7.79. The summed E-state index contributed by atoms with van der Waals surface area (Å²) in [5, 5.41) is 10.8. The Bertz CT molecular complexity index is 1160. The zero-order chi connectivity index (χ0) is 27.9. The lowest BCUT2D eigenvalue weighted by molar-refractivity contribution is -0.323. The Morgan fingerprint density at radius 2 is 1.54 bits per heavy atom. The van der Waals surface area contributed by atoms with Crippen molar-refractivity contribution in [3.05, 3.63) is 82.4 Å². The first kappa shape index (κ1) is 29.0. The third kappa shape index (κ3) is 5.80. The Morgan fingerprint density at radius 1 is 0.973 bits per heavy atom. The number of carbonyl (C=O) groups excluding carboxylic acids is 1. The molecule has 0 N–H and O–H groups in total. The van der Waals surface area contributed by atoms with Gasteiger partial charge in [0.1, 0.15) is 11.6 Å². The van der Waals surface area contributed by atoms with E-state index in [-0.39, 0.29) is 6.42 Å². The molecule has 2 unspecified atom stereocenters. The van der Waals surface area contributed by atoms with Crippen LogP contribution in [-0.2, 0) is 22.4 Å². The number of carbonyl (C=O) groups is 1. The van der Waals surface area contributed by atoms with E-state index in [9.17, 15) is 40.6 Å². The number of halogens is 8. The highest BCUT2D eigenvalue weighted by Crippen LogP contribution is 2.71. The van der Waals surface area contributed by atoms with Gasteiger partial charge in [-0.1, -0.05) is 86.1 Å². The number of carboxylic acid groups (broad SMARTS) is 1. The highest BCUT2D eigenvalue weighted by Gasteiger charge is 2.71. The third-order valence-electron chi connectivity index (χ3n) is 6.91. The van der Waals surface area contributed by atoms with E-state index in [1.54, 1.807) is 18.2 Å². The van der Waals surface area contributed by atoms with Crippen molar-refractivity contribution in [2.24, 2.45) is 16.7 Å². The van der Waals surface area contributed by atoms with Crippen LogP contribution in [0.15, 0.2) is 65.7 Å². The summed E-state index contributed by atoms with van der Waals surface area (Å²) < 4.78 is 94.9. The van der Waals surface area contributed by atoms with Gasteiger partial charge in [-0.15, -0.1) is 0 Å². The van der Waals surface area contributed by atoms with E-state index in [0.717, 1.165) is 11.1 Å². The molecule has 2 aromatic carbocycles. The predicted octanol–water partition coefficient (Wildman–Crippen LogP) is 6.14. The SMILES string of the molecule is CC1(C)C(C=C(Cl)C(F)(F)OCC(F)(F)C(F)(F)F)C1(Cc1cccc(Cc2ccccc2)c1)C(=O)[O-]. The molecule has 202 valence electrons. The van der Waals surface area contributed by atoms with Crippen LogP contribution in [-0.4, -0.2) is 30.8 Å². The number of hydrogen-bond donors (Lipinski definition) is 0. The van der Waals surface area contributed by atoms with Crippen molar-refractivity contribution in [2.45, 2.75) is 44.9 Å². The van der Waals surface area contributed by atoms with Crippen molar-refractivity contribution in [1.29, 1.82) is 0 Å². The number of ether oxygens (including phenoxy) is 1. The smallest absolute Gasteiger partial charge is 0.455 e. The molecule has 0 heterocycles. The van der Waals surface area contributed by atoms with Gasteiger partial charge in [0.05, 0.1) is 0 Å². The van der Waals surface area contributed by atoms with Crippen molar-refractivity contribution in [3.63, 3.8) is 0 Å². The molecule has 0 aliphatic heterocycles. The first-order valence-electron chi connectivity index (χ1n) is 11.1. The number of allylic oxidation sites excluding steroid dienone is 1. The summed E-state index contributed by atoms with van der Waals surface area (Å²) in [7, 11) is 0. The van der Waals surface area contributed by atoms with Crippen molar-refractivity contribution < 1.29 is 45.4 Å². The maximum absolute atomic E-state index is 14.2. The maximum atomic E-state index is 14.2. The molecule has 1 fully saturated rings. The molecule has 11 heteroatoms. The monoisotopic (exact) mass is 551 g/mol. The van der Waals surface area contributed by atoms with Gasteiger partial charge in [0, 0.05) is 11.4 Å². The van der Waals surface area contributed by atoms with Crippen LogP contribution in [0, 0.1) is 16.7 Å². The molecule has 1 aliphatic carbocycles. The van der Waals surface area contributed by atoms with Gasteiger partial charge in [-0.05, 0) is 40.9 Å². The Labute approximate surface area is 213 Å². The summed E-state index contributed by atoms with van der Waals surface area (Å²) in [5.41, 5.74) is -0.360. The summed E-state index contributed by atoms with van der Waals surface area (Å²) in [4.78, 5) is 12.3. The number of carboxylic acids is 1. The minimum Gasteiger partial charge on any atom is -0.549 e. The van der Waals surface area contributed by atoms with E-state index in [1.807, 2.05) is 36.4 Å². The Balaban J connectivity index is 1.82. The van der Waals surface area contributed by atoms with Gasteiger partial charge in [-0.2, -0.15) is 30.7 Å². The second kappa shape index (κ2) is 9.94. The van der Waals surface area contributed by atoms with Gasteiger partial charge in [0.25, 0.3) is 0 Å². The number of aliphatic carboxylic acids is 1. The lowest BCUT2D eigenvalue weighted by atomic mass is 9.87. The zero-order valence-electron chi connectivity index (χ0n) is 19.7. The minimum atomic E-state index is -6.10. The fourth-order valence-electron chi connectivity index (χ4n) is 4.62. The van der Waals surface area contributed by atoms with Gasteiger partial charge < -0.3 is 14.6 Å². The van der Waals surface area contributed by atoms with Crippen LogP contribution >= 0.6 is 11.6 Å². The van der Waals surface area contributed by atoms with Crippen LogP contribution in [0.2, 0.25) is 0 Å². The number of benzene rings is 2. The van der Waals surface area contributed by atoms with E-state index in [1.165, 1.54) is 13.8 Å². The van der Waals surface area contributed by atoms with E-state index in [0.29, 0.717) is 18.1 Å². The molecule has 1 aliphatic rings. The van der Waals surface area contributed by atoms with Crippen LogP contribution in [0.25, 0.3) is 0 Å². The molecule has 0 saturated heterocycles. The molecule has 0 bridgehead atoms. The zero-order valence-corrected chi connectivity index (χ0v) is 20.5. The van der Waals surface area contributed by atoms with Gasteiger partial charge in [0.15, 0.2) is 0 Å². The van der Waals surface area contributed by atoms with Gasteiger partial charge in [-0.25, -0.2) is 0 Å². The van der Waals surface area contributed by atoms with E-state index < -0.39 is 52.6 Å². The fraction of sp³-hybridized carbons (Fsp3) is 0.423. The molecular weight excluding hydrogens is 529 g/mol. The quantitative estimate of drug-likeness (QED) is 0.333. The predicted molar refractivity (Wildman–Crippen MR) is 120 cm³/mol. The minimum absolute atomic E-state index is 0.116. The first-order chi connectivity index (χ1) is 16.9. The summed E-state index contributed by atoms with van der Waals surface area (Å²) in [6.45, 7) is 0.305. The van der Waals surface area contributed by atoms with Crippen molar-refractivity contribution in [3.8, 4) is 0 Å². The normalized spacial score (nSPS) is 22.1. The molecule has 2 atom stereocenters. The van der Waals surface area contributed by atoms with Crippen LogP contribution in [0.3, 0.4) is 0 Å². The van der Waals surface area contributed by atoms with Crippen molar-refractivity contribution in [1.82, 2.24) is 0 Å². The summed E-state index contributed by atoms with van der Waals surface area (Å²) in [6.07, 6.45) is -9.72. The number of alkyl halides is 7. The van der Waals surface area contributed by atoms with E-state index >= 15 is 0 Å². The highest BCUT2D eigenvalue weighted by atomic mass is 35.5. The topological polar surface area (TPSA) is 49.4 Å². The standard InChI is InChI=1S/C26H24ClF7O3/c1-22(2)19(13-20(27)25(30,31)37-15-24(28,29)26(32,33)34)23(22,21(35)36)14-18-10-6-9-17(12-18)11-16-7-4-3-5-8-16/h3-10,12-13,19H,11,14-15H2,1-2H3,(H,35,36)/p-1. The molecule has 37 heavy (non-hydrogen) atoms. The van der Waals surface area contributed by atoms with Crippen molar-refractivity contribution in [2.75, 3.05) is 6.61 Å².